The quantitative estimate of drug-likeness (QED) is 0.476. The van der Waals surface area contributed by atoms with Crippen LogP contribution in [0.1, 0.15) is 26.6 Å². The number of nitrogens with zero attached hydrogens (tertiary/aromatic N) is 4. The molecule has 0 bridgehead atoms. The van der Waals surface area contributed by atoms with Crippen molar-refractivity contribution in [2.75, 3.05) is 26.2 Å². The average molecular weight is 442 g/mol. The van der Waals surface area contributed by atoms with Crippen molar-refractivity contribution in [1.29, 1.82) is 0 Å². The third kappa shape index (κ3) is 4.15. The summed E-state index contributed by atoms with van der Waals surface area (Å²) in [6.07, 6.45) is 1.67. The molecule has 8 nitrogen and oxygen atoms in total. The smallest absolute Gasteiger partial charge is 0.292 e. The normalized spacial score (nSPS) is 13.8. The molecule has 0 radical (unpaired) electrons. The zero-order valence-corrected chi connectivity index (χ0v) is 18.1. The summed E-state index contributed by atoms with van der Waals surface area (Å²) in [5.41, 5.74) is 2.73. The SMILES string of the molecule is Cc1cc(C(=O)N2CCN(C(=O)c3ccccc3-c3ncc(-c4ccccc4)o3)CC2)on1. The number of oxazole rings is 1. The van der Waals surface area contributed by atoms with Gasteiger partial charge in [0.1, 0.15) is 0 Å². The van der Waals surface area contributed by atoms with Gasteiger partial charge in [-0.25, -0.2) is 4.98 Å². The van der Waals surface area contributed by atoms with Crippen LogP contribution >= 0.6 is 0 Å². The van der Waals surface area contributed by atoms with Crippen LogP contribution < -0.4 is 0 Å². The van der Waals surface area contributed by atoms with Crippen LogP contribution in [0.3, 0.4) is 0 Å². The molecule has 0 aliphatic carbocycles. The Morgan fingerprint density at radius 2 is 1.55 bits per heavy atom. The van der Waals surface area contributed by atoms with E-state index in [1.165, 1.54) is 0 Å². The summed E-state index contributed by atoms with van der Waals surface area (Å²) in [5.74, 6) is 0.926. The van der Waals surface area contributed by atoms with Crippen molar-refractivity contribution in [1.82, 2.24) is 19.9 Å². The molecule has 1 aliphatic rings. The van der Waals surface area contributed by atoms with E-state index in [0.29, 0.717) is 54.7 Å². The summed E-state index contributed by atoms with van der Waals surface area (Å²) < 4.78 is 11.1. The van der Waals surface area contributed by atoms with E-state index in [1.54, 1.807) is 35.1 Å². The van der Waals surface area contributed by atoms with Gasteiger partial charge in [0.2, 0.25) is 11.7 Å². The van der Waals surface area contributed by atoms with Gasteiger partial charge >= 0.3 is 0 Å². The molecule has 0 atom stereocenters. The lowest BCUT2D eigenvalue weighted by Gasteiger charge is -2.34. The number of carbonyl (C=O) groups excluding carboxylic acids is 2. The molecule has 1 fully saturated rings. The maximum absolute atomic E-state index is 13.3. The Bertz CT molecular complexity index is 1290. The third-order valence-electron chi connectivity index (χ3n) is 5.64. The van der Waals surface area contributed by atoms with Crippen molar-refractivity contribution in [3.05, 3.63) is 83.9 Å². The summed E-state index contributed by atoms with van der Waals surface area (Å²) in [6.45, 7) is 3.46. The molecule has 2 aromatic carbocycles. The average Bonchev–Trinajstić information content (AvgIpc) is 3.53. The van der Waals surface area contributed by atoms with Crippen molar-refractivity contribution >= 4 is 11.8 Å². The molecular weight excluding hydrogens is 420 g/mol. The summed E-state index contributed by atoms with van der Waals surface area (Å²) in [5, 5.41) is 3.77. The number of piperazine rings is 1. The summed E-state index contributed by atoms with van der Waals surface area (Å²) in [7, 11) is 0. The van der Waals surface area contributed by atoms with E-state index in [0.717, 1.165) is 5.56 Å². The largest absolute Gasteiger partial charge is 0.436 e. The predicted molar refractivity (Wildman–Crippen MR) is 120 cm³/mol. The molecule has 33 heavy (non-hydrogen) atoms. The van der Waals surface area contributed by atoms with Crippen LogP contribution in [0.2, 0.25) is 0 Å². The van der Waals surface area contributed by atoms with Gasteiger partial charge in [0, 0.05) is 43.4 Å². The Kier molecular flexibility index (Phi) is 5.48. The second-order valence-electron chi connectivity index (χ2n) is 7.86. The van der Waals surface area contributed by atoms with E-state index in [-0.39, 0.29) is 17.6 Å². The highest BCUT2D eigenvalue weighted by Gasteiger charge is 2.28. The fraction of sp³-hybridized carbons (Fsp3) is 0.200. The highest BCUT2D eigenvalue weighted by atomic mass is 16.5. The number of hydrogen-bond acceptors (Lipinski definition) is 6. The Hall–Kier alpha value is -4.20. The van der Waals surface area contributed by atoms with Crippen LogP contribution in [-0.4, -0.2) is 57.9 Å². The van der Waals surface area contributed by atoms with Crippen LogP contribution in [0.15, 0.2) is 75.8 Å². The number of hydrogen-bond donors (Lipinski definition) is 0. The molecule has 2 amide bonds. The van der Waals surface area contributed by atoms with E-state index < -0.39 is 0 Å². The Balaban J connectivity index is 1.32. The third-order valence-corrected chi connectivity index (χ3v) is 5.64. The standard InChI is InChI=1S/C25H22N4O4/c1-17-15-21(33-27-17)25(31)29-13-11-28(12-14-29)24(30)20-10-6-5-9-19(20)23-26-16-22(32-23)18-7-3-2-4-8-18/h2-10,15-16H,11-14H2,1H3. The fourth-order valence-electron chi connectivity index (χ4n) is 3.89. The van der Waals surface area contributed by atoms with Gasteiger partial charge < -0.3 is 18.7 Å². The van der Waals surface area contributed by atoms with Crippen molar-refractivity contribution in [2.45, 2.75) is 6.92 Å². The lowest BCUT2D eigenvalue weighted by Crippen LogP contribution is -2.50. The van der Waals surface area contributed by atoms with Gasteiger partial charge in [-0.2, -0.15) is 0 Å². The number of aryl methyl sites for hydroxylation is 1. The minimum atomic E-state index is -0.212. The molecule has 166 valence electrons. The predicted octanol–water partition coefficient (Wildman–Crippen LogP) is 3.90. The molecule has 4 aromatic rings. The topological polar surface area (TPSA) is 92.7 Å². The van der Waals surface area contributed by atoms with Gasteiger partial charge in [-0.3, -0.25) is 9.59 Å². The van der Waals surface area contributed by atoms with Crippen LogP contribution in [0.25, 0.3) is 22.8 Å². The molecule has 8 heteroatoms. The highest BCUT2D eigenvalue weighted by Crippen LogP contribution is 2.29. The first kappa shape index (κ1) is 20.7. The monoisotopic (exact) mass is 442 g/mol. The molecule has 0 unspecified atom stereocenters. The zero-order valence-electron chi connectivity index (χ0n) is 18.1. The molecule has 5 rings (SSSR count). The second-order valence-corrected chi connectivity index (χ2v) is 7.86. The minimum Gasteiger partial charge on any atom is -0.436 e. The van der Waals surface area contributed by atoms with Crippen LogP contribution in [0, 0.1) is 6.92 Å². The molecule has 1 saturated heterocycles. The van der Waals surface area contributed by atoms with Crippen LogP contribution in [0.4, 0.5) is 0 Å². The number of benzene rings is 2. The van der Waals surface area contributed by atoms with E-state index in [2.05, 4.69) is 10.1 Å². The molecule has 3 heterocycles. The van der Waals surface area contributed by atoms with Crippen molar-refractivity contribution in [3.63, 3.8) is 0 Å². The lowest BCUT2D eigenvalue weighted by atomic mass is 10.1. The van der Waals surface area contributed by atoms with Crippen molar-refractivity contribution < 1.29 is 18.5 Å². The summed E-state index contributed by atoms with van der Waals surface area (Å²) in [4.78, 5) is 33.8. The maximum Gasteiger partial charge on any atom is 0.292 e. The van der Waals surface area contributed by atoms with E-state index in [1.807, 2.05) is 48.5 Å². The molecule has 2 aromatic heterocycles. The second kappa shape index (κ2) is 8.74. The number of rotatable bonds is 4. The molecule has 0 spiro atoms. The van der Waals surface area contributed by atoms with Gasteiger partial charge in [-0.15, -0.1) is 0 Å². The Morgan fingerprint density at radius 3 is 2.24 bits per heavy atom. The number of carbonyl (C=O) groups is 2. The van der Waals surface area contributed by atoms with Crippen molar-refractivity contribution in [3.8, 4) is 22.8 Å². The summed E-state index contributed by atoms with van der Waals surface area (Å²) in [6, 6.07) is 18.6. The van der Waals surface area contributed by atoms with E-state index in [4.69, 9.17) is 8.94 Å². The molecule has 1 aliphatic heterocycles. The molecule has 0 N–H and O–H groups in total. The zero-order chi connectivity index (χ0) is 22.8. The maximum atomic E-state index is 13.3. The van der Waals surface area contributed by atoms with Crippen molar-refractivity contribution in [2.24, 2.45) is 0 Å². The van der Waals surface area contributed by atoms with Crippen LogP contribution in [0.5, 0.6) is 0 Å². The fourth-order valence-corrected chi connectivity index (χ4v) is 3.89. The minimum absolute atomic E-state index is 0.118. The van der Waals surface area contributed by atoms with Gasteiger partial charge in [0.15, 0.2) is 5.76 Å². The highest BCUT2D eigenvalue weighted by molar-refractivity contribution is 6.00. The van der Waals surface area contributed by atoms with Gasteiger partial charge in [-0.1, -0.05) is 47.6 Å². The van der Waals surface area contributed by atoms with Crippen LogP contribution in [-0.2, 0) is 0 Å². The van der Waals surface area contributed by atoms with Gasteiger partial charge in [0.25, 0.3) is 11.8 Å². The Morgan fingerprint density at radius 1 is 0.879 bits per heavy atom. The Labute approximate surface area is 190 Å². The first-order valence-corrected chi connectivity index (χ1v) is 10.7. The lowest BCUT2D eigenvalue weighted by molar-refractivity contribution is 0.0513. The molecule has 0 saturated carbocycles. The number of amides is 2. The first-order chi connectivity index (χ1) is 16.1. The van der Waals surface area contributed by atoms with Gasteiger partial charge in [-0.05, 0) is 19.1 Å². The number of aromatic nitrogens is 2. The van der Waals surface area contributed by atoms with Gasteiger partial charge in [0.05, 0.1) is 17.5 Å². The van der Waals surface area contributed by atoms with E-state index >= 15 is 0 Å². The van der Waals surface area contributed by atoms with E-state index in [9.17, 15) is 9.59 Å². The molecular formula is C25H22N4O4. The summed E-state index contributed by atoms with van der Waals surface area (Å²) >= 11 is 0. The first-order valence-electron chi connectivity index (χ1n) is 10.7.